The minimum absolute atomic E-state index is 0. The predicted molar refractivity (Wildman–Crippen MR) is 61.5 cm³/mol. The number of nitrogens with one attached hydrogen (secondary N) is 2. The zero-order valence-corrected chi connectivity index (χ0v) is 10.5. The minimum atomic E-state index is 0. The molecule has 79 valence electrons. The van der Waals surface area contributed by atoms with Crippen molar-refractivity contribution < 1.29 is 18.6 Å². The normalized spacial score (nSPS) is 8.67. The topological polar surface area (TPSA) is 24.1 Å². The molecule has 2 N–H and O–H groups in total. The summed E-state index contributed by atoms with van der Waals surface area (Å²) in [5.41, 5.74) is 3.82. The van der Waals surface area contributed by atoms with Gasteiger partial charge in [-0.3, -0.25) is 0 Å². The third-order valence-corrected chi connectivity index (χ3v) is 2.09. The molecule has 0 aliphatic carbocycles. The SMILES string of the molecule is C=C(NC)c1c[c-]cc(C(=C)NC)c1.[V]. The first-order valence-electron chi connectivity index (χ1n) is 4.44. The van der Waals surface area contributed by atoms with Crippen LogP contribution >= 0.6 is 0 Å². The van der Waals surface area contributed by atoms with Crippen molar-refractivity contribution in [3.8, 4) is 0 Å². The average molecular weight is 238 g/mol. The molecule has 0 saturated heterocycles. The summed E-state index contributed by atoms with van der Waals surface area (Å²) in [6.45, 7) is 7.78. The molecule has 0 aliphatic heterocycles. The maximum atomic E-state index is 3.89. The first kappa shape index (κ1) is 13.9. The van der Waals surface area contributed by atoms with E-state index in [0.29, 0.717) is 0 Å². The van der Waals surface area contributed by atoms with Crippen molar-refractivity contribution in [1.82, 2.24) is 10.6 Å². The fraction of sp³-hybridized carbons (Fsp3) is 0.167. The summed E-state index contributed by atoms with van der Waals surface area (Å²) in [5.74, 6) is 0. The van der Waals surface area contributed by atoms with E-state index >= 15 is 0 Å². The standard InChI is InChI=1S/C12H15N2.V/c1-9(13-3)11-6-5-7-12(8-11)10(2)14-4;/h6-8,13-14H,1-2H2,3-4H3;/q-1;. The van der Waals surface area contributed by atoms with Crippen molar-refractivity contribution in [1.29, 1.82) is 0 Å². The molecule has 0 aliphatic rings. The van der Waals surface area contributed by atoms with E-state index in [2.05, 4.69) is 29.9 Å². The van der Waals surface area contributed by atoms with Gasteiger partial charge in [0.2, 0.25) is 0 Å². The molecule has 0 saturated carbocycles. The maximum Gasteiger partial charge on any atom is 0.00234 e. The predicted octanol–water partition coefficient (Wildman–Crippen LogP) is 1.86. The zero-order valence-electron chi connectivity index (χ0n) is 9.09. The van der Waals surface area contributed by atoms with E-state index in [1.807, 2.05) is 32.3 Å². The zero-order chi connectivity index (χ0) is 10.6. The van der Waals surface area contributed by atoms with E-state index in [9.17, 15) is 0 Å². The Balaban J connectivity index is 0.00000196. The van der Waals surface area contributed by atoms with Crippen molar-refractivity contribution in [2.24, 2.45) is 0 Å². The van der Waals surface area contributed by atoms with Crippen LogP contribution in [0.15, 0.2) is 31.4 Å². The van der Waals surface area contributed by atoms with Gasteiger partial charge in [-0.2, -0.15) is 24.3 Å². The molecule has 0 amide bonds. The van der Waals surface area contributed by atoms with Gasteiger partial charge in [0.25, 0.3) is 0 Å². The molecule has 1 rings (SSSR count). The van der Waals surface area contributed by atoms with Crippen LogP contribution in [-0.2, 0) is 18.6 Å². The molecule has 0 aromatic heterocycles. The molecule has 0 heterocycles. The van der Waals surface area contributed by atoms with Crippen LogP contribution < -0.4 is 10.6 Å². The van der Waals surface area contributed by atoms with Crippen LogP contribution in [0.4, 0.5) is 0 Å². The van der Waals surface area contributed by atoms with Gasteiger partial charge < -0.3 is 10.6 Å². The number of hydrogen-bond donors (Lipinski definition) is 2. The molecule has 0 atom stereocenters. The Morgan fingerprint density at radius 1 is 1.07 bits per heavy atom. The van der Waals surface area contributed by atoms with Crippen LogP contribution in [0.1, 0.15) is 11.1 Å². The maximum absolute atomic E-state index is 3.89. The molecule has 1 radical (unpaired) electrons. The van der Waals surface area contributed by atoms with Gasteiger partial charge >= 0.3 is 0 Å². The van der Waals surface area contributed by atoms with Gasteiger partial charge in [0.15, 0.2) is 0 Å². The van der Waals surface area contributed by atoms with Crippen molar-refractivity contribution in [3.63, 3.8) is 0 Å². The van der Waals surface area contributed by atoms with Crippen molar-refractivity contribution in [2.45, 2.75) is 0 Å². The third kappa shape index (κ3) is 3.50. The van der Waals surface area contributed by atoms with E-state index in [0.717, 1.165) is 22.5 Å². The van der Waals surface area contributed by atoms with Gasteiger partial charge in [0.05, 0.1) is 0 Å². The van der Waals surface area contributed by atoms with Gasteiger partial charge in [-0.1, -0.05) is 13.2 Å². The summed E-state index contributed by atoms with van der Waals surface area (Å²) < 4.78 is 0. The van der Waals surface area contributed by atoms with Gasteiger partial charge in [-0.05, 0) is 11.4 Å². The minimum Gasteiger partial charge on any atom is -0.398 e. The number of rotatable bonds is 4. The first-order chi connectivity index (χ1) is 6.69. The van der Waals surface area contributed by atoms with E-state index in [1.165, 1.54) is 0 Å². The summed E-state index contributed by atoms with van der Waals surface area (Å²) in [4.78, 5) is 0. The monoisotopic (exact) mass is 238 g/mol. The Hall–Kier alpha value is -1.12. The fourth-order valence-corrected chi connectivity index (χ4v) is 1.11. The molecular formula is C12H15N2V-. The van der Waals surface area contributed by atoms with Crippen LogP contribution in [0.2, 0.25) is 0 Å². The number of hydrogen-bond acceptors (Lipinski definition) is 2. The largest absolute Gasteiger partial charge is 0.398 e. The number of benzene rings is 1. The summed E-state index contributed by atoms with van der Waals surface area (Å²) >= 11 is 0. The van der Waals surface area contributed by atoms with E-state index in [-0.39, 0.29) is 18.6 Å². The Morgan fingerprint density at radius 3 is 1.80 bits per heavy atom. The van der Waals surface area contributed by atoms with Crippen molar-refractivity contribution >= 4 is 11.4 Å². The van der Waals surface area contributed by atoms with Crippen molar-refractivity contribution in [3.05, 3.63) is 48.6 Å². The molecule has 0 spiro atoms. The summed E-state index contributed by atoms with van der Waals surface area (Å²) in [7, 11) is 3.70. The third-order valence-electron chi connectivity index (χ3n) is 2.09. The van der Waals surface area contributed by atoms with Crippen LogP contribution in [0, 0.1) is 6.07 Å². The molecule has 1 aromatic rings. The molecule has 0 bridgehead atoms. The molecule has 0 fully saturated rings. The second-order valence-electron chi connectivity index (χ2n) is 2.97. The average Bonchev–Trinajstić information content (AvgIpc) is 2.27. The summed E-state index contributed by atoms with van der Waals surface area (Å²) in [6.07, 6.45) is 0. The van der Waals surface area contributed by atoms with Gasteiger partial charge in [-0.25, -0.2) is 0 Å². The van der Waals surface area contributed by atoms with E-state index in [4.69, 9.17) is 0 Å². The Labute approximate surface area is 103 Å². The molecular weight excluding hydrogens is 223 g/mol. The van der Waals surface area contributed by atoms with E-state index < -0.39 is 0 Å². The Morgan fingerprint density at radius 2 is 1.47 bits per heavy atom. The summed E-state index contributed by atoms with van der Waals surface area (Å²) in [5, 5.41) is 6.00. The van der Waals surface area contributed by atoms with Gasteiger partial charge in [0.1, 0.15) is 0 Å². The molecule has 2 nitrogen and oxygen atoms in total. The van der Waals surface area contributed by atoms with Crippen LogP contribution in [-0.4, -0.2) is 14.1 Å². The van der Waals surface area contributed by atoms with Crippen LogP contribution in [0.3, 0.4) is 0 Å². The smallest absolute Gasteiger partial charge is 0.00234 e. The molecule has 3 heteroatoms. The Kier molecular flexibility index (Phi) is 5.91. The van der Waals surface area contributed by atoms with Crippen molar-refractivity contribution in [2.75, 3.05) is 14.1 Å². The van der Waals surface area contributed by atoms with Gasteiger partial charge in [0, 0.05) is 32.7 Å². The Bertz CT molecular complexity index is 327. The van der Waals surface area contributed by atoms with Crippen LogP contribution in [0.5, 0.6) is 0 Å². The van der Waals surface area contributed by atoms with E-state index in [1.54, 1.807) is 0 Å². The van der Waals surface area contributed by atoms with Crippen LogP contribution in [0.25, 0.3) is 11.4 Å². The molecule has 15 heavy (non-hydrogen) atoms. The quantitative estimate of drug-likeness (QED) is 0.782. The summed E-state index contributed by atoms with van der Waals surface area (Å²) in [6, 6.07) is 8.87. The second kappa shape index (κ2) is 6.38. The van der Waals surface area contributed by atoms with Gasteiger partial charge in [-0.15, -0.1) is 11.1 Å². The second-order valence-corrected chi connectivity index (χ2v) is 2.97. The first-order valence-corrected chi connectivity index (χ1v) is 4.44. The molecule has 0 unspecified atom stereocenters. The molecule has 1 aromatic carbocycles. The fourth-order valence-electron chi connectivity index (χ4n) is 1.11.